The van der Waals surface area contributed by atoms with Crippen LogP contribution in [0.3, 0.4) is 0 Å². The molecule has 0 unspecified atom stereocenters. The van der Waals surface area contributed by atoms with Crippen molar-refractivity contribution in [3.05, 3.63) is 77.8 Å². The van der Waals surface area contributed by atoms with Crippen molar-refractivity contribution >= 4 is 17.5 Å². The number of furan rings is 1. The lowest BCUT2D eigenvalue weighted by Gasteiger charge is -2.10. The molecule has 2 N–H and O–H groups in total. The Balaban J connectivity index is 1.46. The number of aryl methyl sites for hydroxylation is 2. The van der Waals surface area contributed by atoms with Crippen LogP contribution < -0.4 is 10.6 Å². The van der Waals surface area contributed by atoms with Crippen molar-refractivity contribution < 1.29 is 18.4 Å². The van der Waals surface area contributed by atoms with E-state index < -0.39 is 0 Å². The molecule has 3 rings (SSSR count). The van der Waals surface area contributed by atoms with Crippen molar-refractivity contribution in [3.63, 3.8) is 0 Å². The number of carbonyl (C=O) groups is 2. The average molecular weight is 394 g/mol. The third-order valence-electron chi connectivity index (χ3n) is 4.52. The van der Waals surface area contributed by atoms with E-state index >= 15 is 0 Å². The maximum absolute atomic E-state index is 13.8. The monoisotopic (exact) mass is 394 g/mol. The first-order chi connectivity index (χ1) is 14.1. The minimum atomic E-state index is -0.359. The standard InChI is InChI=1S/C23H23FN2O3/c1-2-16-7-3-6-10-20(16)26-23(28)15-25-22(27)14-12-17-11-13-21(29-17)18-8-4-5-9-19(18)24/h3-11,13H,2,12,14-15H2,1H3,(H,25,27)(H,26,28). The summed E-state index contributed by atoms with van der Waals surface area (Å²) in [7, 11) is 0. The molecule has 1 aromatic heterocycles. The first-order valence-electron chi connectivity index (χ1n) is 9.55. The first kappa shape index (κ1) is 20.3. The smallest absolute Gasteiger partial charge is 0.243 e. The fourth-order valence-corrected chi connectivity index (χ4v) is 2.97. The molecule has 29 heavy (non-hydrogen) atoms. The molecule has 2 aromatic carbocycles. The van der Waals surface area contributed by atoms with E-state index in [1.165, 1.54) is 6.07 Å². The van der Waals surface area contributed by atoms with Gasteiger partial charge in [0.05, 0.1) is 12.1 Å². The highest BCUT2D eigenvalue weighted by molar-refractivity contribution is 5.95. The van der Waals surface area contributed by atoms with E-state index in [1.54, 1.807) is 30.3 Å². The van der Waals surface area contributed by atoms with Gasteiger partial charge in [0.1, 0.15) is 17.3 Å². The molecule has 0 fully saturated rings. The van der Waals surface area contributed by atoms with Gasteiger partial charge in [-0.15, -0.1) is 0 Å². The Kier molecular flexibility index (Phi) is 6.79. The lowest BCUT2D eigenvalue weighted by Crippen LogP contribution is -2.33. The van der Waals surface area contributed by atoms with E-state index in [4.69, 9.17) is 4.42 Å². The Morgan fingerprint density at radius 1 is 0.966 bits per heavy atom. The molecule has 0 aliphatic rings. The van der Waals surface area contributed by atoms with Gasteiger partial charge in [-0.3, -0.25) is 9.59 Å². The highest BCUT2D eigenvalue weighted by atomic mass is 19.1. The van der Waals surface area contributed by atoms with Crippen molar-refractivity contribution in [2.24, 2.45) is 0 Å². The summed E-state index contributed by atoms with van der Waals surface area (Å²) < 4.78 is 19.4. The molecule has 0 saturated carbocycles. The number of benzene rings is 2. The summed E-state index contributed by atoms with van der Waals surface area (Å²) in [6.45, 7) is 1.91. The molecule has 5 nitrogen and oxygen atoms in total. The molecular formula is C23H23FN2O3. The average Bonchev–Trinajstić information content (AvgIpc) is 3.20. The lowest BCUT2D eigenvalue weighted by molar-refractivity contribution is -0.124. The molecule has 0 bridgehead atoms. The Bertz CT molecular complexity index is 997. The van der Waals surface area contributed by atoms with Gasteiger partial charge < -0.3 is 15.1 Å². The predicted octanol–water partition coefficient (Wildman–Crippen LogP) is 4.34. The minimum absolute atomic E-state index is 0.102. The zero-order chi connectivity index (χ0) is 20.6. The maximum atomic E-state index is 13.8. The molecule has 0 saturated heterocycles. The van der Waals surface area contributed by atoms with Gasteiger partial charge in [0.15, 0.2) is 0 Å². The van der Waals surface area contributed by atoms with Crippen LogP contribution in [0.5, 0.6) is 0 Å². The van der Waals surface area contributed by atoms with Crippen LogP contribution in [-0.4, -0.2) is 18.4 Å². The topological polar surface area (TPSA) is 71.3 Å². The fourth-order valence-electron chi connectivity index (χ4n) is 2.97. The van der Waals surface area contributed by atoms with E-state index in [2.05, 4.69) is 10.6 Å². The minimum Gasteiger partial charge on any atom is -0.461 e. The number of anilines is 1. The Morgan fingerprint density at radius 2 is 1.72 bits per heavy atom. The van der Waals surface area contributed by atoms with Gasteiger partial charge in [-0.1, -0.05) is 37.3 Å². The number of amides is 2. The number of para-hydroxylation sites is 1. The molecule has 6 heteroatoms. The van der Waals surface area contributed by atoms with E-state index in [-0.39, 0.29) is 30.6 Å². The van der Waals surface area contributed by atoms with Crippen LogP contribution in [0.4, 0.5) is 10.1 Å². The fraction of sp³-hybridized carbons (Fsp3) is 0.217. The van der Waals surface area contributed by atoms with Crippen LogP contribution in [0.25, 0.3) is 11.3 Å². The molecule has 0 atom stereocenters. The van der Waals surface area contributed by atoms with Gasteiger partial charge in [-0.25, -0.2) is 4.39 Å². The van der Waals surface area contributed by atoms with Gasteiger partial charge in [-0.2, -0.15) is 0 Å². The van der Waals surface area contributed by atoms with Crippen molar-refractivity contribution in [1.82, 2.24) is 5.32 Å². The zero-order valence-electron chi connectivity index (χ0n) is 16.2. The van der Waals surface area contributed by atoms with Gasteiger partial charge >= 0.3 is 0 Å². The number of hydrogen-bond donors (Lipinski definition) is 2. The summed E-state index contributed by atoms with van der Waals surface area (Å²) in [4.78, 5) is 24.1. The summed E-state index contributed by atoms with van der Waals surface area (Å²) >= 11 is 0. The molecule has 0 aliphatic carbocycles. The lowest BCUT2D eigenvalue weighted by atomic mass is 10.1. The number of carbonyl (C=O) groups excluding carboxylic acids is 2. The predicted molar refractivity (Wildman–Crippen MR) is 110 cm³/mol. The quantitative estimate of drug-likeness (QED) is 0.597. The second-order valence-electron chi connectivity index (χ2n) is 6.58. The van der Waals surface area contributed by atoms with Gasteiger partial charge in [0.25, 0.3) is 0 Å². The van der Waals surface area contributed by atoms with Crippen molar-refractivity contribution in [3.8, 4) is 11.3 Å². The summed E-state index contributed by atoms with van der Waals surface area (Å²) in [5, 5.41) is 5.42. The second kappa shape index (κ2) is 9.68. The van der Waals surface area contributed by atoms with E-state index in [0.717, 1.165) is 17.7 Å². The third-order valence-corrected chi connectivity index (χ3v) is 4.52. The molecule has 3 aromatic rings. The van der Waals surface area contributed by atoms with Crippen LogP contribution in [0.2, 0.25) is 0 Å². The second-order valence-corrected chi connectivity index (χ2v) is 6.58. The van der Waals surface area contributed by atoms with Crippen molar-refractivity contribution in [1.29, 1.82) is 0 Å². The normalized spacial score (nSPS) is 10.6. The number of hydrogen-bond acceptors (Lipinski definition) is 3. The van der Waals surface area contributed by atoms with Crippen LogP contribution in [0.1, 0.15) is 24.7 Å². The van der Waals surface area contributed by atoms with Gasteiger partial charge in [0, 0.05) is 18.5 Å². The molecule has 1 heterocycles. The SMILES string of the molecule is CCc1ccccc1NC(=O)CNC(=O)CCc1ccc(-c2ccccc2F)o1. The van der Waals surface area contributed by atoms with Crippen LogP contribution in [-0.2, 0) is 22.4 Å². The van der Waals surface area contributed by atoms with Gasteiger partial charge in [0.2, 0.25) is 11.8 Å². The summed E-state index contributed by atoms with van der Waals surface area (Å²) in [5.74, 6) is 0.112. The molecular weight excluding hydrogens is 371 g/mol. The maximum Gasteiger partial charge on any atom is 0.243 e. The summed E-state index contributed by atoms with van der Waals surface area (Å²) in [6, 6.07) is 17.3. The largest absolute Gasteiger partial charge is 0.461 e. The first-order valence-corrected chi connectivity index (χ1v) is 9.55. The van der Waals surface area contributed by atoms with E-state index in [1.807, 2.05) is 31.2 Å². The van der Waals surface area contributed by atoms with Crippen molar-refractivity contribution in [2.45, 2.75) is 26.2 Å². The molecule has 150 valence electrons. The number of rotatable bonds is 8. The highest BCUT2D eigenvalue weighted by Crippen LogP contribution is 2.25. The third kappa shape index (κ3) is 5.54. The Morgan fingerprint density at radius 3 is 2.52 bits per heavy atom. The molecule has 2 amide bonds. The van der Waals surface area contributed by atoms with Crippen LogP contribution in [0.15, 0.2) is 65.1 Å². The number of halogens is 1. The van der Waals surface area contributed by atoms with Gasteiger partial charge in [-0.05, 0) is 42.3 Å². The van der Waals surface area contributed by atoms with E-state index in [9.17, 15) is 14.0 Å². The van der Waals surface area contributed by atoms with E-state index in [0.29, 0.717) is 23.5 Å². The highest BCUT2D eigenvalue weighted by Gasteiger charge is 2.11. The van der Waals surface area contributed by atoms with Crippen LogP contribution in [0, 0.1) is 5.82 Å². The molecule has 0 spiro atoms. The van der Waals surface area contributed by atoms with Crippen LogP contribution >= 0.6 is 0 Å². The summed E-state index contributed by atoms with van der Waals surface area (Å²) in [5.41, 5.74) is 2.17. The number of nitrogens with one attached hydrogen (secondary N) is 2. The zero-order valence-corrected chi connectivity index (χ0v) is 16.2. The molecule has 0 aliphatic heterocycles. The van der Waals surface area contributed by atoms with Crippen molar-refractivity contribution in [2.75, 3.05) is 11.9 Å². The Hall–Kier alpha value is -3.41. The Labute approximate surface area is 168 Å². The molecule has 0 radical (unpaired) electrons. The summed E-state index contributed by atoms with van der Waals surface area (Å²) in [6.07, 6.45) is 1.34.